The fourth-order valence-corrected chi connectivity index (χ4v) is 4.38. The molecular weight excluding hydrogens is 305 g/mol. The van der Waals surface area contributed by atoms with Gasteiger partial charge in [-0.2, -0.15) is 0 Å². The van der Waals surface area contributed by atoms with Gasteiger partial charge in [-0.15, -0.1) is 0 Å². The van der Waals surface area contributed by atoms with E-state index in [-0.39, 0.29) is 5.91 Å². The molecule has 1 aliphatic rings. The number of carbonyl (C=O) groups excluding carboxylic acids is 2. The molecule has 0 spiro atoms. The van der Waals surface area contributed by atoms with Crippen LogP contribution < -0.4 is 0 Å². The Morgan fingerprint density at radius 2 is 1.91 bits per heavy atom. The van der Waals surface area contributed by atoms with Gasteiger partial charge in [-0.1, -0.05) is 18.2 Å². The number of hydrogen-bond donors (Lipinski definition) is 0. The number of nitrogens with zero attached hydrogens (tertiary/aromatic N) is 1. The molecule has 0 radical (unpaired) electrons. The average Bonchev–Trinajstić information content (AvgIpc) is 2.84. The molecule has 1 aromatic rings. The molecular formula is C15H20NO5P. The number of rotatable bonds is 8. The molecule has 120 valence electrons. The molecule has 1 amide bonds. The van der Waals surface area contributed by atoms with Gasteiger partial charge in [-0.3, -0.25) is 9.36 Å². The highest BCUT2D eigenvalue weighted by molar-refractivity contribution is 7.54. The summed E-state index contributed by atoms with van der Waals surface area (Å²) in [7, 11) is -0.835. The number of aldehydes is 1. The van der Waals surface area contributed by atoms with Crippen molar-refractivity contribution < 1.29 is 23.2 Å². The number of unbranched alkanes of at least 4 members (excludes halogenated alkanes) is 2. The van der Waals surface area contributed by atoms with Crippen LogP contribution in [0.15, 0.2) is 24.3 Å². The van der Waals surface area contributed by atoms with Gasteiger partial charge in [-0.05, 0) is 24.5 Å². The Morgan fingerprint density at radius 1 is 1.23 bits per heavy atom. The number of amides is 1. The smallest absolute Gasteiger partial charge is 0.320 e. The monoisotopic (exact) mass is 325 g/mol. The molecule has 0 fully saturated rings. The van der Waals surface area contributed by atoms with Crippen LogP contribution in [0.4, 0.5) is 0 Å². The summed E-state index contributed by atoms with van der Waals surface area (Å²) >= 11 is 0. The highest BCUT2D eigenvalue weighted by atomic mass is 31.2. The average molecular weight is 325 g/mol. The van der Waals surface area contributed by atoms with Gasteiger partial charge in [0.2, 0.25) is 0 Å². The molecule has 6 nitrogen and oxygen atoms in total. The lowest BCUT2D eigenvalue weighted by atomic mass is 10.1. The van der Waals surface area contributed by atoms with E-state index in [1.807, 2.05) is 0 Å². The summed E-state index contributed by atoms with van der Waals surface area (Å²) in [5.74, 6) is -0.913. The predicted octanol–water partition coefficient (Wildman–Crippen LogP) is 3.00. The van der Waals surface area contributed by atoms with E-state index in [2.05, 4.69) is 0 Å². The number of fused-ring (bicyclic) bond motifs is 1. The van der Waals surface area contributed by atoms with E-state index in [9.17, 15) is 14.2 Å². The quantitative estimate of drug-likeness (QED) is 0.417. The van der Waals surface area contributed by atoms with Crippen LogP contribution in [0, 0.1) is 0 Å². The minimum absolute atomic E-state index is 0.180. The van der Waals surface area contributed by atoms with E-state index >= 15 is 0 Å². The Morgan fingerprint density at radius 3 is 2.55 bits per heavy atom. The second-order valence-electron chi connectivity index (χ2n) is 5.03. The zero-order chi connectivity index (χ0) is 16.2. The molecule has 1 heterocycles. The molecule has 0 aliphatic carbocycles. The van der Waals surface area contributed by atoms with Crippen molar-refractivity contribution in [1.29, 1.82) is 0 Å². The summed E-state index contributed by atoms with van der Waals surface area (Å²) in [5.41, 5.74) is 1.19. The predicted molar refractivity (Wildman–Crippen MR) is 81.8 cm³/mol. The van der Waals surface area contributed by atoms with Crippen LogP contribution in [-0.2, 0) is 18.4 Å². The number of benzene rings is 1. The Bertz CT molecular complexity index is 595. The summed E-state index contributed by atoms with van der Waals surface area (Å²) in [6.45, 7) is 0.405. The van der Waals surface area contributed by atoms with E-state index < -0.39 is 13.4 Å². The van der Waals surface area contributed by atoms with Crippen molar-refractivity contribution in [2.45, 2.75) is 25.0 Å². The normalized spacial score (nSPS) is 17.6. The fraction of sp³-hybridized carbons (Fsp3) is 0.467. The van der Waals surface area contributed by atoms with E-state index in [4.69, 9.17) is 9.05 Å². The first-order valence-corrected chi connectivity index (χ1v) is 8.75. The van der Waals surface area contributed by atoms with Crippen LogP contribution >= 0.6 is 7.60 Å². The molecule has 22 heavy (non-hydrogen) atoms. The molecule has 7 heteroatoms. The zero-order valence-electron chi connectivity index (χ0n) is 12.7. The topological polar surface area (TPSA) is 72.9 Å². The second-order valence-corrected chi connectivity index (χ2v) is 7.33. The van der Waals surface area contributed by atoms with Gasteiger partial charge in [0.25, 0.3) is 5.91 Å². The molecule has 1 aliphatic heterocycles. The van der Waals surface area contributed by atoms with Gasteiger partial charge in [0.1, 0.15) is 6.29 Å². The minimum Gasteiger partial charge on any atom is -0.320 e. The van der Waals surface area contributed by atoms with Gasteiger partial charge < -0.3 is 18.7 Å². The first-order valence-electron chi connectivity index (χ1n) is 7.13. The third-order valence-corrected chi connectivity index (χ3v) is 5.98. The number of carbonyl (C=O) groups is 2. The lowest BCUT2D eigenvalue weighted by Gasteiger charge is -2.29. The Balaban J connectivity index is 2.33. The van der Waals surface area contributed by atoms with E-state index in [0.717, 1.165) is 6.29 Å². The molecule has 0 bridgehead atoms. The highest BCUT2D eigenvalue weighted by Crippen LogP contribution is 2.63. The molecule has 2 rings (SSSR count). The van der Waals surface area contributed by atoms with Crippen LogP contribution in [0.5, 0.6) is 0 Å². The fourth-order valence-electron chi connectivity index (χ4n) is 2.70. The van der Waals surface area contributed by atoms with Crippen LogP contribution in [0.3, 0.4) is 0 Å². The maximum Gasteiger partial charge on any atom is 0.357 e. The zero-order valence-corrected chi connectivity index (χ0v) is 13.6. The van der Waals surface area contributed by atoms with E-state index in [1.54, 1.807) is 24.3 Å². The Hall–Kier alpha value is -1.49. The van der Waals surface area contributed by atoms with Crippen molar-refractivity contribution in [3.05, 3.63) is 35.4 Å². The molecule has 1 aromatic carbocycles. The van der Waals surface area contributed by atoms with Crippen LogP contribution in [-0.4, -0.2) is 37.9 Å². The van der Waals surface area contributed by atoms with Crippen molar-refractivity contribution >= 4 is 19.8 Å². The highest BCUT2D eigenvalue weighted by Gasteiger charge is 2.48. The molecule has 0 saturated carbocycles. The van der Waals surface area contributed by atoms with Crippen molar-refractivity contribution in [3.8, 4) is 0 Å². The van der Waals surface area contributed by atoms with Crippen LogP contribution in [0.2, 0.25) is 0 Å². The molecule has 0 saturated heterocycles. The summed E-state index contributed by atoms with van der Waals surface area (Å²) < 4.78 is 23.1. The first-order chi connectivity index (χ1) is 10.6. The third-order valence-electron chi connectivity index (χ3n) is 3.80. The van der Waals surface area contributed by atoms with Gasteiger partial charge >= 0.3 is 7.60 Å². The maximum atomic E-state index is 12.9. The Labute approximate surface area is 129 Å². The summed E-state index contributed by atoms with van der Waals surface area (Å²) in [4.78, 5) is 24.5. The molecule has 1 unspecified atom stereocenters. The largest absolute Gasteiger partial charge is 0.357 e. The molecule has 0 N–H and O–H groups in total. The second kappa shape index (κ2) is 7.18. The van der Waals surface area contributed by atoms with Gasteiger partial charge in [0.05, 0.1) is 0 Å². The minimum atomic E-state index is -3.47. The molecule has 0 aromatic heterocycles. The van der Waals surface area contributed by atoms with Gasteiger partial charge in [0, 0.05) is 32.7 Å². The van der Waals surface area contributed by atoms with Crippen LogP contribution in [0.25, 0.3) is 0 Å². The van der Waals surface area contributed by atoms with Gasteiger partial charge in [-0.25, -0.2) is 0 Å². The summed E-state index contributed by atoms with van der Waals surface area (Å²) in [5, 5.41) is 0. The van der Waals surface area contributed by atoms with Crippen molar-refractivity contribution in [2.75, 3.05) is 20.8 Å². The molecule has 1 atom stereocenters. The Kier molecular flexibility index (Phi) is 5.51. The van der Waals surface area contributed by atoms with E-state index in [0.29, 0.717) is 36.9 Å². The van der Waals surface area contributed by atoms with E-state index in [1.165, 1.54) is 19.1 Å². The number of hydrogen-bond acceptors (Lipinski definition) is 5. The first kappa shape index (κ1) is 16.9. The summed E-state index contributed by atoms with van der Waals surface area (Å²) in [6, 6.07) is 7.05. The lowest BCUT2D eigenvalue weighted by Crippen LogP contribution is -2.29. The SMILES string of the molecule is COP(=O)(OC)C1c2ccccc2C(=O)N1CCCCC=O. The standard InChI is InChI=1S/C15H20NO5P/c1-20-22(19,21-2)15-13-9-5-4-8-12(13)14(18)16(15)10-6-3-7-11-17/h4-5,8-9,11,15H,3,6-7,10H2,1-2H3. The van der Waals surface area contributed by atoms with Gasteiger partial charge in [0.15, 0.2) is 5.78 Å². The lowest BCUT2D eigenvalue weighted by molar-refractivity contribution is -0.107. The van der Waals surface area contributed by atoms with Crippen molar-refractivity contribution in [3.63, 3.8) is 0 Å². The summed E-state index contributed by atoms with van der Waals surface area (Å²) in [6.07, 6.45) is 2.64. The van der Waals surface area contributed by atoms with Crippen molar-refractivity contribution in [2.24, 2.45) is 0 Å². The maximum absolute atomic E-state index is 12.9. The van der Waals surface area contributed by atoms with Crippen molar-refractivity contribution in [1.82, 2.24) is 4.90 Å². The van der Waals surface area contributed by atoms with Crippen LogP contribution in [0.1, 0.15) is 41.0 Å². The third kappa shape index (κ3) is 3.00.